The van der Waals surface area contributed by atoms with Gasteiger partial charge in [0.1, 0.15) is 0 Å². The maximum absolute atomic E-state index is 11.9. The third-order valence-corrected chi connectivity index (χ3v) is 5.53. The molecular formula is C16H23ClN2OS. The molecule has 0 heterocycles. The van der Waals surface area contributed by atoms with E-state index >= 15 is 0 Å². The molecule has 2 unspecified atom stereocenters. The minimum Gasteiger partial charge on any atom is -0.368 e. The van der Waals surface area contributed by atoms with Crippen LogP contribution in [0.2, 0.25) is 5.02 Å². The molecule has 1 aromatic carbocycles. The van der Waals surface area contributed by atoms with Gasteiger partial charge >= 0.3 is 0 Å². The first-order valence-corrected chi connectivity index (χ1v) is 8.77. The Balaban J connectivity index is 1.91. The second-order valence-electron chi connectivity index (χ2n) is 6.05. The SMILES string of the molecule is CC(C)NC1(C(N)=O)CCC(SCc2ccc(Cl)cc2)C1. The summed E-state index contributed by atoms with van der Waals surface area (Å²) < 4.78 is 0. The average molecular weight is 327 g/mol. The van der Waals surface area contributed by atoms with E-state index in [4.69, 9.17) is 17.3 Å². The highest BCUT2D eigenvalue weighted by Gasteiger charge is 2.44. The fourth-order valence-electron chi connectivity index (χ4n) is 2.92. The van der Waals surface area contributed by atoms with E-state index in [1.807, 2.05) is 23.9 Å². The molecule has 0 aliphatic heterocycles. The molecule has 3 nitrogen and oxygen atoms in total. The normalized spacial score (nSPS) is 25.4. The summed E-state index contributed by atoms with van der Waals surface area (Å²) in [6.07, 6.45) is 2.68. The van der Waals surface area contributed by atoms with E-state index in [9.17, 15) is 4.79 Å². The quantitative estimate of drug-likeness (QED) is 0.843. The molecule has 1 amide bonds. The highest BCUT2D eigenvalue weighted by atomic mass is 35.5. The first-order valence-electron chi connectivity index (χ1n) is 7.35. The number of nitrogens with two attached hydrogens (primary N) is 1. The van der Waals surface area contributed by atoms with Crippen LogP contribution in [0.1, 0.15) is 38.7 Å². The van der Waals surface area contributed by atoms with Crippen molar-refractivity contribution >= 4 is 29.3 Å². The van der Waals surface area contributed by atoms with Crippen LogP contribution in [0.3, 0.4) is 0 Å². The van der Waals surface area contributed by atoms with Gasteiger partial charge in [-0.1, -0.05) is 23.7 Å². The lowest BCUT2D eigenvalue weighted by molar-refractivity contribution is -0.124. The van der Waals surface area contributed by atoms with Gasteiger partial charge in [0, 0.05) is 22.1 Å². The highest BCUT2D eigenvalue weighted by molar-refractivity contribution is 7.99. The smallest absolute Gasteiger partial charge is 0.237 e. The zero-order valence-electron chi connectivity index (χ0n) is 12.6. The van der Waals surface area contributed by atoms with Crippen molar-refractivity contribution in [3.05, 3.63) is 34.9 Å². The van der Waals surface area contributed by atoms with E-state index in [0.717, 1.165) is 30.0 Å². The number of rotatable bonds is 6. The van der Waals surface area contributed by atoms with Gasteiger partial charge < -0.3 is 11.1 Å². The number of carbonyl (C=O) groups excluding carboxylic acids is 1. The van der Waals surface area contributed by atoms with Gasteiger partial charge in [-0.15, -0.1) is 0 Å². The zero-order valence-corrected chi connectivity index (χ0v) is 14.1. The first-order chi connectivity index (χ1) is 9.91. The van der Waals surface area contributed by atoms with E-state index in [1.54, 1.807) is 0 Å². The molecule has 2 rings (SSSR count). The topological polar surface area (TPSA) is 55.1 Å². The van der Waals surface area contributed by atoms with Crippen LogP contribution >= 0.6 is 23.4 Å². The monoisotopic (exact) mass is 326 g/mol. The fourth-order valence-corrected chi connectivity index (χ4v) is 4.35. The highest BCUT2D eigenvalue weighted by Crippen LogP contribution is 2.38. The van der Waals surface area contributed by atoms with Crippen molar-refractivity contribution in [2.75, 3.05) is 0 Å². The molecule has 116 valence electrons. The number of primary amides is 1. The number of thioether (sulfide) groups is 1. The number of hydrogen-bond donors (Lipinski definition) is 2. The number of hydrogen-bond acceptors (Lipinski definition) is 3. The number of carbonyl (C=O) groups is 1. The third-order valence-electron chi connectivity index (χ3n) is 3.90. The standard InChI is InChI=1S/C16H23ClN2OS/c1-11(2)19-16(15(18)20)8-7-14(9-16)21-10-12-3-5-13(17)6-4-12/h3-6,11,14,19H,7-10H2,1-2H3,(H2,18,20). The van der Waals surface area contributed by atoms with Crippen molar-refractivity contribution in [1.82, 2.24) is 5.32 Å². The maximum atomic E-state index is 11.9. The molecule has 5 heteroatoms. The van der Waals surface area contributed by atoms with Gasteiger partial charge in [0.2, 0.25) is 5.91 Å². The van der Waals surface area contributed by atoms with Crippen LogP contribution in [0.15, 0.2) is 24.3 Å². The Morgan fingerprint density at radius 3 is 2.71 bits per heavy atom. The molecule has 0 saturated heterocycles. The minimum absolute atomic E-state index is 0.217. The Morgan fingerprint density at radius 1 is 1.48 bits per heavy atom. The van der Waals surface area contributed by atoms with Crippen molar-refractivity contribution in [3.63, 3.8) is 0 Å². The lowest BCUT2D eigenvalue weighted by Gasteiger charge is -2.29. The van der Waals surface area contributed by atoms with Crippen molar-refractivity contribution in [3.8, 4) is 0 Å². The van der Waals surface area contributed by atoms with Crippen LogP contribution < -0.4 is 11.1 Å². The molecule has 1 saturated carbocycles. The molecule has 1 aromatic rings. The van der Waals surface area contributed by atoms with Crippen LogP contribution in [-0.4, -0.2) is 22.7 Å². The molecule has 1 fully saturated rings. The second-order valence-corrected chi connectivity index (χ2v) is 7.77. The summed E-state index contributed by atoms with van der Waals surface area (Å²) in [6, 6.07) is 8.20. The summed E-state index contributed by atoms with van der Waals surface area (Å²) in [7, 11) is 0. The fraction of sp³-hybridized carbons (Fsp3) is 0.562. The Kier molecular flexibility index (Phi) is 5.58. The van der Waals surface area contributed by atoms with E-state index < -0.39 is 5.54 Å². The molecule has 21 heavy (non-hydrogen) atoms. The second kappa shape index (κ2) is 7.03. The summed E-state index contributed by atoms with van der Waals surface area (Å²) in [5.74, 6) is 0.726. The van der Waals surface area contributed by atoms with Gasteiger partial charge in [-0.25, -0.2) is 0 Å². The summed E-state index contributed by atoms with van der Waals surface area (Å²) in [6.45, 7) is 4.11. The minimum atomic E-state index is -0.522. The van der Waals surface area contributed by atoms with Crippen molar-refractivity contribution in [2.45, 2.75) is 55.7 Å². The van der Waals surface area contributed by atoms with Crippen LogP contribution in [0.25, 0.3) is 0 Å². The summed E-state index contributed by atoms with van der Waals surface area (Å²) >= 11 is 7.79. The van der Waals surface area contributed by atoms with Crippen LogP contribution in [-0.2, 0) is 10.5 Å². The molecule has 0 radical (unpaired) electrons. The number of halogens is 1. The summed E-state index contributed by atoms with van der Waals surface area (Å²) in [4.78, 5) is 11.9. The molecule has 1 aliphatic carbocycles. The largest absolute Gasteiger partial charge is 0.368 e. The lowest BCUT2D eigenvalue weighted by Crippen LogP contribution is -2.56. The Bertz CT molecular complexity index is 492. The maximum Gasteiger partial charge on any atom is 0.237 e. The van der Waals surface area contributed by atoms with Gasteiger partial charge in [-0.05, 0) is 50.8 Å². The van der Waals surface area contributed by atoms with Crippen LogP contribution in [0, 0.1) is 0 Å². The van der Waals surface area contributed by atoms with Gasteiger partial charge in [0.25, 0.3) is 0 Å². The number of amides is 1. The molecule has 0 bridgehead atoms. The van der Waals surface area contributed by atoms with Crippen molar-refractivity contribution in [2.24, 2.45) is 5.73 Å². The van der Waals surface area contributed by atoms with Crippen molar-refractivity contribution < 1.29 is 4.79 Å². The Hall–Kier alpha value is -0.710. The number of nitrogens with one attached hydrogen (secondary N) is 1. The van der Waals surface area contributed by atoms with Crippen LogP contribution in [0.5, 0.6) is 0 Å². The molecular weight excluding hydrogens is 304 g/mol. The van der Waals surface area contributed by atoms with Crippen molar-refractivity contribution in [1.29, 1.82) is 0 Å². The third kappa shape index (κ3) is 4.38. The predicted molar refractivity (Wildman–Crippen MR) is 90.6 cm³/mol. The average Bonchev–Trinajstić information content (AvgIpc) is 2.82. The van der Waals surface area contributed by atoms with E-state index in [-0.39, 0.29) is 11.9 Å². The number of benzene rings is 1. The van der Waals surface area contributed by atoms with E-state index in [0.29, 0.717) is 5.25 Å². The Morgan fingerprint density at radius 2 is 2.14 bits per heavy atom. The van der Waals surface area contributed by atoms with E-state index in [1.165, 1.54) is 5.56 Å². The van der Waals surface area contributed by atoms with Crippen LogP contribution in [0.4, 0.5) is 0 Å². The summed E-state index contributed by atoms with van der Waals surface area (Å²) in [5.41, 5.74) is 6.38. The van der Waals surface area contributed by atoms with Gasteiger partial charge in [-0.3, -0.25) is 4.79 Å². The molecule has 0 spiro atoms. The first kappa shape index (κ1) is 16.7. The van der Waals surface area contributed by atoms with Gasteiger partial charge in [0.05, 0.1) is 5.54 Å². The molecule has 1 aliphatic rings. The zero-order chi connectivity index (χ0) is 15.5. The molecule has 3 N–H and O–H groups in total. The lowest BCUT2D eigenvalue weighted by atomic mass is 9.96. The van der Waals surface area contributed by atoms with Gasteiger partial charge in [-0.2, -0.15) is 11.8 Å². The van der Waals surface area contributed by atoms with Gasteiger partial charge in [0.15, 0.2) is 0 Å². The molecule has 0 aromatic heterocycles. The Labute approximate surface area is 136 Å². The van der Waals surface area contributed by atoms with E-state index in [2.05, 4.69) is 31.3 Å². The predicted octanol–water partition coefficient (Wildman–Crippen LogP) is 3.35. The summed E-state index contributed by atoms with van der Waals surface area (Å²) in [5, 5.41) is 4.62. The molecule has 2 atom stereocenters.